The number of aromatic nitrogens is 1. The van der Waals surface area contributed by atoms with Crippen LogP contribution in [0.3, 0.4) is 0 Å². The number of nitrogens with zero attached hydrogens (tertiary/aromatic N) is 1. The summed E-state index contributed by atoms with van der Waals surface area (Å²) in [6.45, 7) is 5.71. The van der Waals surface area contributed by atoms with Gasteiger partial charge in [0, 0.05) is 25.0 Å². The topological polar surface area (TPSA) is 24.9 Å². The summed E-state index contributed by atoms with van der Waals surface area (Å²) in [5.74, 6) is 0. The van der Waals surface area contributed by atoms with Crippen LogP contribution in [0.25, 0.3) is 0 Å². The molecule has 1 aromatic rings. The Hall–Kier alpha value is -0.890. The molecule has 0 amide bonds. The van der Waals surface area contributed by atoms with E-state index >= 15 is 0 Å². The minimum Gasteiger partial charge on any atom is -0.310 e. The predicted octanol–water partition coefficient (Wildman–Crippen LogP) is 2.92. The van der Waals surface area contributed by atoms with Crippen LogP contribution >= 0.6 is 0 Å². The Bertz CT molecular complexity index is 304. The Morgan fingerprint density at radius 3 is 2.87 bits per heavy atom. The van der Waals surface area contributed by atoms with Gasteiger partial charge in [-0.05, 0) is 36.8 Å². The summed E-state index contributed by atoms with van der Waals surface area (Å²) in [4.78, 5) is 4.14. The highest BCUT2D eigenvalue weighted by molar-refractivity contribution is 5.12. The van der Waals surface area contributed by atoms with Gasteiger partial charge in [0.2, 0.25) is 0 Å². The number of nitrogens with one attached hydrogen (secondary N) is 1. The fourth-order valence-electron chi connectivity index (χ4n) is 2.11. The third kappa shape index (κ3) is 2.57. The van der Waals surface area contributed by atoms with Crippen molar-refractivity contribution in [1.82, 2.24) is 10.3 Å². The zero-order valence-corrected chi connectivity index (χ0v) is 9.66. The van der Waals surface area contributed by atoms with Crippen LogP contribution in [0.1, 0.15) is 44.7 Å². The van der Waals surface area contributed by atoms with E-state index < -0.39 is 0 Å². The Morgan fingerprint density at radius 2 is 2.33 bits per heavy atom. The molecule has 0 aliphatic heterocycles. The summed E-state index contributed by atoms with van der Waals surface area (Å²) in [6.07, 6.45) is 7.92. The van der Waals surface area contributed by atoms with Crippen LogP contribution in [0.5, 0.6) is 0 Å². The molecule has 0 bridgehead atoms. The van der Waals surface area contributed by atoms with Crippen molar-refractivity contribution in [2.75, 3.05) is 6.54 Å². The maximum Gasteiger partial charge on any atom is 0.0315 e. The van der Waals surface area contributed by atoms with E-state index in [1.54, 1.807) is 0 Å². The van der Waals surface area contributed by atoms with Crippen LogP contribution < -0.4 is 5.32 Å². The molecule has 82 valence electrons. The lowest BCUT2D eigenvalue weighted by Gasteiger charge is -2.39. The zero-order valence-electron chi connectivity index (χ0n) is 9.66. The second kappa shape index (κ2) is 4.31. The fourth-order valence-corrected chi connectivity index (χ4v) is 2.11. The van der Waals surface area contributed by atoms with Crippen molar-refractivity contribution in [2.45, 2.75) is 39.2 Å². The first kappa shape index (κ1) is 10.6. The van der Waals surface area contributed by atoms with Crippen LogP contribution in [0, 0.1) is 5.41 Å². The monoisotopic (exact) mass is 204 g/mol. The molecule has 1 heterocycles. The second-order valence-corrected chi connectivity index (χ2v) is 5.05. The molecule has 1 N–H and O–H groups in total. The van der Waals surface area contributed by atoms with E-state index in [1.165, 1.54) is 24.8 Å². The lowest BCUT2D eigenvalue weighted by atomic mass is 9.70. The van der Waals surface area contributed by atoms with Crippen LogP contribution in [0.4, 0.5) is 0 Å². The molecule has 1 atom stereocenters. The molecule has 1 fully saturated rings. The number of hydrogen-bond acceptors (Lipinski definition) is 2. The van der Waals surface area contributed by atoms with Gasteiger partial charge in [0.05, 0.1) is 0 Å². The van der Waals surface area contributed by atoms with Crippen molar-refractivity contribution in [2.24, 2.45) is 5.41 Å². The summed E-state index contributed by atoms with van der Waals surface area (Å²) in [7, 11) is 0. The zero-order chi connectivity index (χ0) is 10.7. The Kier molecular flexibility index (Phi) is 3.06. The molecule has 1 aliphatic rings. The van der Waals surface area contributed by atoms with Crippen molar-refractivity contribution in [1.29, 1.82) is 0 Å². The molecule has 2 nitrogen and oxygen atoms in total. The molecule has 0 aromatic carbocycles. The lowest BCUT2D eigenvalue weighted by Crippen LogP contribution is -2.38. The van der Waals surface area contributed by atoms with E-state index in [0.29, 0.717) is 11.5 Å². The van der Waals surface area contributed by atoms with E-state index in [2.05, 4.69) is 30.2 Å². The molecular weight excluding hydrogens is 184 g/mol. The standard InChI is InChI=1S/C13H20N2/c1-11(12-5-3-8-14-9-12)15-10-13(2)6-4-7-13/h3,5,8-9,11,15H,4,6-7,10H2,1-2H3. The van der Waals surface area contributed by atoms with Crippen LogP contribution in [0.15, 0.2) is 24.5 Å². The van der Waals surface area contributed by atoms with Gasteiger partial charge in [-0.2, -0.15) is 0 Å². The van der Waals surface area contributed by atoms with Gasteiger partial charge < -0.3 is 5.32 Å². The van der Waals surface area contributed by atoms with Crippen molar-refractivity contribution in [3.63, 3.8) is 0 Å². The van der Waals surface area contributed by atoms with Crippen molar-refractivity contribution >= 4 is 0 Å². The molecule has 15 heavy (non-hydrogen) atoms. The van der Waals surface area contributed by atoms with E-state index in [1.807, 2.05) is 18.5 Å². The van der Waals surface area contributed by atoms with E-state index in [9.17, 15) is 0 Å². The summed E-state index contributed by atoms with van der Waals surface area (Å²) in [5, 5.41) is 3.60. The quantitative estimate of drug-likeness (QED) is 0.815. The van der Waals surface area contributed by atoms with Crippen LogP contribution in [-0.4, -0.2) is 11.5 Å². The van der Waals surface area contributed by atoms with Gasteiger partial charge in [0.25, 0.3) is 0 Å². The maximum atomic E-state index is 4.14. The van der Waals surface area contributed by atoms with E-state index in [0.717, 1.165) is 6.54 Å². The van der Waals surface area contributed by atoms with Crippen LogP contribution in [0.2, 0.25) is 0 Å². The van der Waals surface area contributed by atoms with Gasteiger partial charge in [-0.25, -0.2) is 0 Å². The Labute approximate surface area is 92.1 Å². The molecule has 0 saturated heterocycles. The molecule has 1 aliphatic carbocycles. The smallest absolute Gasteiger partial charge is 0.0315 e. The van der Waals surface area contributed by atoms with E-state index in [4.69, 9.17) is 0 Å². The number of pyridine rings is 1. The third-order valence-corrected chi connectivity index (χ3v) is 3.58. The van der Waals surface area contributed by atoms with Gasteiger partial charge >= 0.3 is 0 Å². The van der Waals surface area contributed by atoms with Crippen molar-refractivity contribution in [3.8, 4) is 0 Å². The fraction of sp³-hybridized carbons (Fsp3) is 0.615. The van der Waals surface area contributed by atoms with Gasteiger partial charge in [-0.3, -0.25) is 4.98 Å². The summed E-state index contributed by atoms with van der Waals surface area (Å²) in [5.41, 5.74) is 1.83. The third-order valence-electron chi connectivity index (χ3n) is 3.58. The van der Waals surface area contributed by atoms with Gasteiger partial charge in [0.15, 0.2) is 0 Å². The first-order chi connectivity index (χ1) is 7.20. The molecule has 0 radical (unpaired) electrons. The molecular formula is C13H20N2. The lowest BCUT2D eigenvalue weighted by molar-refractivity contribution is 0.152. The van der Waals surface area contributed by atoms with Crippen molar-refractivity contribution < 1.29 is 0 Å². The van der Waals surface area contributed by atoms with Crippen LogP contribution in [-0.2, 0) is 0 Å². The molecule has 1 unspecified atom stereocenters. The highest BCUT2D eigenvalue weighted by Crippen LogP contribution is 2.39. The normalized spacial score (nSPS) is 20.7. The summed E-state index contributed by atoms with van der Waals surface area (Å²) < 4.78 is 0. The van der Waals surface area contributed by atoms with Gasteiger partial charge in [-0.1, -0.05) is 19.4 Å². The molecule has 2 rings (SSSR count). The SMILES string of the molecule is CC(NCC1(C)CCC1)c1cccnc1. The highest BCUT2D eigenvalue weighted by atomic mass is 14.9. The first-order valence-corrected chi connectivity index (χ1v) is 5.83. The minimum absolute atomic E-state index is 0.413. The second-order valence-electron chi connectivity index (χ2n) is 5.05. The average Bonchev–Trinajstić information content (AvgIpc) is 2.24. The first-order valence-electron chi connectivity index (χ1n) is 5.83. The Morgan fingerprint density at radius 1 is 1.53 bits per heavy atom. The number of rotatable bonds is 4. The molecule has 1 aromatic heterocycles. The van der Waals surface area contributed by atoms with E-state index in [-0.39, 0.29) is 0 Å². The number of hydrogen-bond donors (Lipinski definition) is 1. The summed E-state index contributed by atoms with van der Waals surface area (Å²) in [6, 6.07) is 4.54. The maximum absolute atomic E-state index is 4.14. The van der Waals surface area contributed by atoms with Gasteiger partial charge in [-0.15, -0.1) is 0 Å². The summed E-state index contributed by atoms with van der Waals surface area (Å²) >= 11 is 0. The Balaban J connectivity index is 1.85. The average molecular weight is 204 g/mol. The van der Waals surface area contributed by atoms with Gasteiger partial charge in [0.1, 0.15) is 0 Å². The predicted molar refractivity (Wildman–Crippen MR) is 62.6 cm³/mol. The molecule has 2 heteroatoms. The molecule has 0 spiro atoms. The largest absolute Gasteiger partial charge is 0.310 e. The minimum atomic E-state index is 0.413. The highest BCUT2D eigenvalue weighted by Gasteiger charge is 2.31. The van der Waals surface area contributed by atoms with Crippen molar-refractivity contribution in [3.05, 3.63) is 30.1 Å². The molecule has 1 saturated carbocycles.